The molecule has 1 N–H and O–H groups in total. The molecule has 1 aliphatic heterocycles. The molecule has 6 heteroatoms. The van der Waals surface area contributed by atoms with Crippen molar-refractivity contribution in [3.8, 4) is 5.69 Å². The third-order valence-electron chi connectivity index (χ3n) is 6.44. The van der Waals surface area contributed by atoms with Gasteiger partial charge in [-0.1, -0.05) is 18.2 Å². The highest BCUT2D eigenvalue weighted by Crippen LogP contribution is 2.44. The zero-order valence-corrected chi connectivity index (χ0v) is 20.5. The minimum Gasteiger partial charge on any atom is -0.351 e. The summed E-state index contributed by atoms with van der Waals surface area (Å²) < 4.78 is 16.2. The molecule has 0 bridgehead atoms. The highest BCUT2D eigenvalue weighted by molar-refractivity contribution is 7.80. The second-order valence-corrected chi connectivity index (χ2v) is 9.37. The molecule has 0 spiro atoms. The summed E-state index contributed by atoms with van der Waals surface area (Å²) >= 11 is 5.89. The van der Waals surface area contributed by atoms with E-state index in [0.717, 1.165) is 34.0 Å². The van der Waals surface area contributed by atoms with Gasteiger partial charge in [0.05, 0.1) is 17.8 Å². The van der Waals surface area contributed by atoms with E-state index in [1.165, 1.54) is 17.2 Å². The Bertz CT molecular complexity index is 1360. The van der Waals surface area contributed by atoms with E-state index >= 15 is 0 Å². The minimum atomic E-state index is -0.251. The number of thiocarbonyl (C=S) groups is 1. The van der Waals surface area contributed by atoms with Crippen molar-refractivity contribution in [2.75, 3.05) is 4.90 Å². The number of aromatic nitrogens is 2. The Hall–Kier alpha value is -3.51. The van der Waals surface area contributed by atoms with E-state index in [0.29, 0.717) is 5.11 Å². The number of hydrogen-bond acceptors (Lipinski definition) is 2. The highest BCUT2D eigenvalue weighted by Gasteiger charge is 2.42. The van der Waals surface area contributed by atoms with Crippen LogP contribution in [-0.4, -0.2) is 14.7 Å². The van der Waals surface area contributed by atoms with E-state index in [1.807, 2.05) is 30.5 Å². The van der Waals surface area contributed by atoms with Gasteiger partial charge in [0.25, 0.3) is 0 Å². The molecule has 0 unspecified atom stereocenters. The van der Waals surface area contributed by atoms with Crippen molar-refractivity contribution in [2.45, 2.75) is 39.8 Å². The van der Waals surface area contributed by atoms with Crippen LogP contribution in [0.1, 0.15) is 45.9 Å². The molecule has 5 rings (SSSR count). The number of pyridine rings is 1. The number of nitrogens with zero attached hydrogens (tertiary/aromatic N) is 3. The number of rotatable bonds is 4. The van der Waals surface area contributed by atoms with E-state index in [2.05, 4.69) is 71.7 Å². The van der Waals surface area contributed by atoms with Crippen molar-refractivity contribution in [1.82, 2.24) is 14.9 Å². The summed E-state index contributed by atoms with van der Waals surface area (Å²) in [4.78, 5) is 6.86. The van der Waals surface area contributed by atoms with Crippen molar-refractivity contribution in [2.24, 2.45) is 0 Å². The summed E-state index contributed by atoms with van der Waals surface area (Å²) in [6, 6.07) is 21.1. The van der Waals surface area contributed by atoms with Gasteiger partial charge in [-0.15, -0.1) is 0 Å². The smallest absolute Gasteiger partial charge is 0.174 e. The molecular weight excluding hydrogens is 443 g/mol. The van der Waals surface area contributed by atoms with Crippen LogP contribution in [0, 0.1) is 33.5 Å². The van der Waals surface area contributed by atoms with Gasteiger partial charge in [-0.2, -0.15) is 0 Å². The fourth-order valence-electron chi connectivity index (χ4n) is 5.14. The first-order valence-corrected chi connectivity index (χ1v) is 11.8. The summed E-state index contributed by atoms with van der Waals surface area (Å²) in [5.74, 6) is -0.251. The molecule has 1 fully saturated rings. The first kappa shape index (κ1) is 22.3. The molecule has 3 heterocycles. The number of nitrogens with one attached hydrogen (secondary N) is 1. The van der Waals surface area contributed by atoms with Crippen LogP contribution in [0.4, 0.5) is 10.1 Å². The Morgan fingerprint density at radius 1 is 0.882 bits per heavy atom. The maximum atomic E-state index is 14.1. The highest BCUT2D eigenvalue weighted by atomic mass is 32.1. The second-order valence-electron chi connectivity index (χ2n) is 8.98. The molecule has 0 amide bonds. The number of halogens is 1. The largest absolute Gasteiger partial charge is 0.351 e. The van der Waals surface area contributed by atoms with Crippen molar-refractivity contribution in [3.63, 3.8) is 0 Å². The summed E-state index contributed by atoms with van der Waals surface area (Å²) in [5, 5.41) is 4.20. The van der Waals surface area contributed by atoms with Crippen LogP contribution < -0.4 is 10.2 Å². The average Bonchev–Trinajstić information content (AvgIpc) is 3.29. The molecule has 2 aromatic carbocycles. The van der Waals surface area contributed by atoms with Crippen LogP contribution >= 0.6 is 12.2 Å². The van der Waals surface area contributed by atoms with Gasteiger partial charge < -0.3 is 14.8 Å². The molecule has 34 heavy (non-hydrogen) atoms. The number of anilines is 1. The van der Waals surface area contributed by atoms with E-state index in [4.69, 9.17) is 12.2 Å². The Labute approximate surface area is 205 Å². The van der Waals surface area contributed by atoms with E-state index in [9.17, 15) is 4.39 Å². The van der Waals surface area contributed by atoms with Gasteiger partial charge in [-0.05, 0) is 105 Å². The van der Waals surface area contributed by atoms with Crippen molar-refractivity contribution in [3.05, 3.63) is 113 Å². The Kier molecular flexibility index (Phi) is 5.70. The van der Waals surface area contributed by atoms with Crippen LogP contribution in [0.25, 0.3) is 5.69 Å². The lowest BCUT2D eigenvalue weighted by atomic mass is 9.96. The summed E-state index contributed by atoms with van der Waals surface area (Å²) in [7, 11) is 0. The molecule has 0 saturated carbocycles. The molecule has 172 valence electrons. The Morgan fingerprint density at radius 3 is 2.32 bits per heavy atom. The number of benzene rings is 2. The number of hydrogen-bond donors (Lipinski definition) is 1. The Balaban J connectivity index is 1.70. The lowest BCUT2D eigenvalue weighted by Gasteiger charge is -2.29. The van der Waals surface area contributed by atoms with E-state index in [1.54, 1.807) is 12.1 Å². The maximum absolute atomic E-state index is 14.1. The first-order valence-electron chi connectivity index (χ1n) is 11.4. The average molecular weight is 471 g/mol. The summed E-state index contributed by atoms with van der Waals surface area (Å²) in [5.41, 5.74) is 8.37. The molecular formula is C28H27FN4S. The zero-order chi connectivity index (χ0) is 24.0. The van der Waals surface area contributed by atoms with Gasteiger partial charge in [0, 0.05) is 29.0 Å². The maximum Gasteiger partial charge on any atom is 0.174 e. The second kappa shape index (κ2) is 8.69. The van der Waals surface area contributed by atoms with Crippen LogP contribution in [-0.2, 0) is 0 Å². The molecule has 1 saturated heterocycles. The molecule has 4 aromatic rings. The van der Waals surface area contributed by atoms with Gasteiger partial charge in [0.15, 0.2) is 5.11 Å². The molecule has 0 radical (unpaired) electrons. The molecule has 2 atom stereocenters. The monoisotopic (exact) mass is 470 g/mol. The normalized spacial score (nSPS) is 17.8. The lowest BCUT2D eigenvalue weighted by molar-refractivity contribution is 0.565. The third kappa shape index (κ3) is 3.88. The van der Waals surface area contributed by atoms with E-state index in [-0.39, 0.29) is 17.9 Å². The quantitative estimate of drug-likeness (QED) is 0.349. The van der Waals surface area contributed by atoms with Gasteiger partial charge >= 0.3 is 0 Å². The van der Waals surface area contributed by atoms with Crippen LogP contribution in [0.2, 0.25) is 0 Å². The molecule has 2 aromatic heterocycles. The lowest BCUT2D eigenvalue weighted by Crippen LogP contribution is -2.29. The molecule has 0 aliphatic carbocycles. The fraction of sp³-hybridized carbons (Fsp3) is 0.214. The Morgan fingerprint density at radius 2 is 1.65 bits per heavy atom. The van der Waals surface area contributed by atoms with Gasteiger partial charge in [-0.3, -0.25) is 4.98 Å². The number of aryl methyl sites for hydroxylation is 3. The van der Waals surface area contributed by atoms with E-state index < -0.39 is 0 Å². The van der Waals surface area contributed by atoms with Crippen molar-refractivity contribution >= 4 is 23.0 Å². The molecule has 1 aliphatic rings. The predicted molar refractivity (Wildman–Crippen MR) is 139 cm³/mol. The van der Waals surface area contributed by atoms with Crippen molar-refractivity contribution in [1.29, 1.82) is 0 Å². The molecule has 4 nitrogen and oxygen atoms in total. The van der Waals surface area contributed by atoms with Gasteiger partial charge in [-0.25, -0.2) is 4.39 Å². The van der Waals surface area contributed by atoms with Crippen LogP contribution in [0.3, 0.4) is 0 Å². The van der Waals surface area contributed by atoms with Crippen LogP contribution in [0.5, 0.6) is 0 Å². The standard InChI is InChI=1S/C28H27FN4S/c1-17-12-18(2)14-23(13-17)33-27(26(31-28(33)34)25-10-5-6-11-30-25)24-15-19(3)32(20(24)4)22-9-7-8-21(29)16-22/h5-16,26-27H,1-4H3,(H,31,34)/t26-,27-/m1/s1. The van der Waals surface area contributed by atoms with Gasteiger partial charge in [0.2, 0.25) is 0 Å². The topological polar surface area (TPSA) is 33.1 Å². The first-order chi connectivity index (χ1) is 16.3. The van der Waals surface area contributed by atoms with Crippen LogP contribution in [0.15, 0.2) is 72.9 Å². The van der Waals surface area contributed by atoms with Crippen molar-refractivity contribution < 1.29 is 4.39 Å². The summed E-state index contributed by atoms with van der Waals surface area (Å²) in [6.07, 6.45) is 1.81. The predicted octanol–water partition coefficient (Wildman–Crippen LogP) is 6.42. The minimum absolute atomic E-state index is 0.114. The summed E-state index contributed by atoms with van der Waals surface area (Å²) in [6.45, 7) is 8.34. The fourth-order valence-corrected chi connectivity index (χ4v) is 5.48. The SMILES string of the molecule is Cc1cc(C)cc(N2C(=S)N[C@H](c3ccccn3)[C@H]2c2cc(C)n(-c3cccc(F)c3)c2C)c1. The zero-order valence-electron chi connectivity index (χ0n) is 19.7. The third-order valence-corrected chi connectivity index (χ3v) is 6.75. The van der Waals surface area contributed by atoms with Gasteiger partial charge in [0.1, 0.15) is 5.82 Å².